The van der Waals surface area contributed by atoms with Crippen LogP contribution in [0.1, 0.15) is 53.4 Å². The minimum Gasteiger partial charge on any atom is -0.436 e. The van der Waals surface area contributed by atoms with Crippen LogP contribution >= 0.6 is 95.6 Å². The lowest BCUT2D eigenvalue weighted by Gasteiger charge is -2.36. The normalized spacial score (nSPS) is 13.5. The van der Waals surface area contributed by atoms with Crippen LogP contribution in [0.2, 0.25) is 0 Å². The van der Waals surface area contributed by atoms with Crippen molar-refractivity contribution in [1.29, 1.82) is 0 Å². The fraction of sp³-hybridized carbons (Fsp3) is 0.875. The molecule has 0 aliphatic heterocycles. The molecule has 4 nitrogen and oxygen atoms in total. The van der Waals surface area contributed by atoms with E-state index in [4.69, 9.17) is 9.47 Å². The van der Waals surface area contributed by atoms with Gasteiger partial charge in [0, 0.05) is 34.3 Å². The van der Waals surface area contributed by atoms with Crippen molar-refractivity contribution in [3.05, 3.63) is 0 Å². The van der Waals surface area contributed by atoms with Gasteiger partial charge in [0.05, 0.1) is 0 Å². The highest BCUT2D eigenvalue weighted by Gasteiger charge is 2.44. The van der Waals surface area contributed by atoms with Crippen LogP contribution in [-0.4, -0.2) is 29.4 Å². The maximum absolute atomic E-state index is 12.0. The van der Waals surface area contributed by atoms with Crippen LogP contribution < -0.4 is 0 Å². The quantitative estimate of drug-likeness (QED) is 0.126. The van der Waals surface area contributed by atoms with Gasteiger partial charge in [0.1, 0.15) is 0 Å². The van der Waals surface area contributed by atoms with E-state index in [0.717, 1.165) is 0 Å². The van der Waals surface area contributed by atoms with E-state index in [1.807, 2.05) is 27.7 Å². The lowest BCUT2D eigenvalue weighted by Crippen LogP contribution is -2.39. The third kappa shape index (κ3) is 8.67. The molecule has 26 heavy (non-hydrogen) atoms. The monoisotopic (exact) mass is 754 g/mol. The first-order valence-corrected chi connectivity index (χ1v) is 13.3. The van der Waals surface area contributed by atoms with Gasteiger partial charge in [-0.3, -0.25) is 9.59 Å². The third-order valence-electron chi connectivity index (χ3n) is 3.74. The summed E-state index contributed by atoms with van der Waals surface area (Å²) in [4.78, 5) is 24.1. The first-order valence-electron chi connectivity index (χ1n) is 7.93. The Bertz CT molecular complexity index is 447. The highest BCUT2D eigenvalue weighted by atomic mass is 79.9. The first-order chi connectivity index (χ1) is 11.6. The Kier molecular flexibility index (Phi) is 12.1. The van der Waals surface area contributed by atoms with Crippen LogP contribution in [0.15, 0.2) is 0 Å². The van der Waals surface area contributed by atoms with Gasteiger partial charge in [-0.05, 0) is 76.6 Å². The smallest absolute Gasteiger partial charge is 0.307 e. The molecule has 0 unspecified atom stereocenters. The number of ether oxygens (including phenoxy) is 2. The molecule has 0 saturated carbocycles. The molecule has 0 spiro atoms. The van der Waals surface area contributed by atoms with Crippen molar-refractivity contribution in [1.82, 2.24) is 0 Å². The molecule has 0 saturated heterocycles. The molecule has 0 N–H and O–H groups in total. The molecule has 0 aliphatic rings. The molecule has 0 radical (unpaired) electrons. The van der Waals surface area contributed by atoms with Crippen molar-refractivity contribution >= 4 is 108 Å². The van der Waals surface area contributed by atoms with Gasteiger partial charge in [0.2, 0.25) is 6.84 Å². The summed E-state index contributed by atoms with van der Waals surface area (Å²) in [6.45, 7) is 7.82. The van der Waals surface area contributed by atoms with Crippen molar-refractivity contribution in [2.75, 3.05) is 10.7 Å². The van der Waals surface area contributed by atoms with Gasteiger partial charge in [-0.1, -0.05) is 59.6 Å². The zero-order chi connectivity index (χ0) is 20.8. The molecule has 154 valence electrons. The van der Waals surface area contributed by atoms with E-state index in [-0.39, 0.29) is 35.6 Å². The molecule has 0 atom stereocenters. The number of halogens is 6. The van der Waals surface area contributed by atoms with Gasteiger partial charge < -0.3 is 9.47 Å². The van der Waals surface area contributed by atoms with E-state index in [2.05, 4.69) is 95.6 Å². The molecule has 0 bridgehead atoms. The average Bonchev–Trinajstić information content (AvgIpc) is 2.50. The van der Waals surface area contributed by atoms with Crippen LogP contribution in [0.25, 0.3) is 0 Å². The molecule has 0 rings (SSSR count). The predicted molar refractivity (Wildman–Crippen MR) is 127 cm³/mol. The Morgan fingerprint density at radius 1 is 0.692 bits per heavy atom. The molecule has 0 aromatic rings. The zero-order valence-electron chi connectivity index (χ0n) is 15.1. The maximum Gasteiger partial charge on any atom is 0.307 e. The number of carbonyl (C=O) groups is 2. The average molecular weight is 760 g/mol. The molecule has 0 aliphatic carbocycles. The van der Waals surface area contributed by atoms with Crippen molar-refractivity contribution in [3.63, 3.8) is 0 Å². The van der Waals surface area contributed by atoms with E-state index in [0.29, 0.717) is 23.5 Å². The number of hydrogen-bond acceptors (Lipinski definition) is 4. The van der Waals surface area contributed by atoms with E-state index in [9.17, 15) is 9.59 Å². The second-order valence-electron chi connectivity index (χ2n) is 7.22. The van der Waals surface area contributed by atoms with Gasteiger partial charge in [-0.15, -0.1) is 0 Å². The van der Waals surface area contributed by atoms with E-state index in [1.165, 1.54) is 0 Å². The molecule has 0 amide bonds. The van der Waals surface area contributed by atoms with E-state index in [1.54, 1.807) is 0 Å². The van der Waals surface area contributed by atoms with Crippen molar-refractivity contribution in [2.24, 2.45) is 10.8 Å². The second-order valence-corrected chi connectivity index (χ2v) is 14.9. The largest absolute Gasteiger partial charge is 0.436 e. The number of hydrogen-bond donors (Lipinski definition) is 0. The summed E-state index contributed by atoms with van der Waals surface area (Å²) in [6, 6.07) is 0. The number of rotatable bonds is 11. The summed E-state index contributed by atoms with van der Waals surface area (Å²) < 4.78 is 9.05. The fourth-order valence-corrected chi connectivity index (χ4v) is 4.94. The van der Waals surface area contributed by atoms with E-state index < -0.39 is 6.84 Å². The minimum absolute atomic E-state index is 0.227. The summed E-state index contributed by atoms with van der Waals surface area (Å²) in [5.41, 5.74) is -0.687. The SMILES string of the molecule is CC(C)(CBr)C(Br)(Br)OC(=O)CCCCC(=O)OC(Br)(Br)C(C)(C)CBr. The van der Waals surface area contributed by atoms with Crippen LogP contribution in [0.5, 0.6) is 0 Å². The Morgan fingerprint density at radius 3 is 1.19 bits per heavy atom. The number of carbonyl (C=O) groups excluding carboxylic acids is 2. The highest BCUT2D eigenvalue weighted by molar-refractivity contribution is 9.25. The Labute approximate surface area is 206 Å². The van der Waals surface area contributed by atoms with Crippen molar-refractivity contribution < 1.29 is 19.1 Å². The zero-order valence-corrected chi connectivity index (χ0v) is 24.7. The minimum atomic E-state index is -0.945. The van der Waals surface area contributed by atoms with Crippen molar-refractivity contribution in [3.8, 4) is 0 Å². The lowest BCUT2D eigenvalue weighted by atomic mass is 9.98. The fourth-order valence-electron chi connectivity index (χ4n) is 1.36. The van der Waals surface area contributed by atoms with Crippen molar-refractivity contribution in [2.45, 2.75) is 60.2 Å². The topological polar surface area (TPSA) is 52.6 Å². The molecule has 0 aromatic carbocycles. The van der Waals surface area contributed by atoms with Gasteiger partial charge in [-0.25, -0.2) is 0 Å². The highest BCUT2D eigenvalue weighted by Crippen LogP contribution is 2.47. The Morgan fingerprint density at radius 2 is 0.962 bits per heavy atom. The first kappa shape index (κ1) is 27.8. The maximum atomic E-state index is 12.0. The number of alkyl halides is 6. The number of unbranched alkanes of at least 4 members (excludes halogenated alkanes) is 1. The van der Waals surface area contributed by atoms with Gasteiger partial charge >= 0.3 is 11.9 Å². The molecule has 10 heteroatoms. The molecule has 0 fully saturated rings. The summed E-state index contributed by atoms with van der Waals surface area (Å²) in [6.07, 6.45) is 1.53. The lowest BCUT2D eigenvalue weighted by molar-refractivity contribution is -0.152. The van der Waals surface area contributed by atoms with Crippen LogP contribution in [-0.2, 0) is 19.1 Å². The Hall–Kier alpha value is 1.82. The number of esters is 2. The van der Waals surface area contributed by atoms with Crippen LogP contribution in [0.3, 0.4) is 0 Å². The summed E-state index contributed by atoms with van der Waals surface area (Å²) in [7, 11) is 0. The van der Waals surface area contributed by atoms with Gasteiger partial charge in [0.15, 0.2) is 0 Å². The summed E-state index contributed by atoms with van der Waals surface area (Å²) >= 11 is 20.5. The molecular weight excluding hydrogens is 736 g/mol. The van der Waals surface area contributed by atoms with Gasteiger partial charge in [-0.2, -0.15) is 0 Å². The molecule has 0 heterocycles. The Balaban J connectivity index is 4.32. The second kappa shape index (κ2) is 11.3. The summed E-state index contributed by atoms with van der Waals surface area (Å²) in [5.74, 6) is -0.672. The van der Waals surface area contributed by atoms with Gasteiger partial charge in [0.25, 0.3) is 0 Å². The summed E-state index contributed by atoms with van der Waals surface area (Å²) in [5, 5.41) is 1.28. The van der Waals surface area contributed by atoms with Crippen LogP contribution in [0, 0.1) is 10.8 Å². The molecule has 0 aromatic heterocycles. The van der Waals surface area contributed by atoms with E-state index >= 15 is 0 Å². The predicted octanol–water partition coefficient (Wildman–Crippen LogP) is 7.36. The standard InChI is InChI=1S/C16H24Br6O4/c1-13(2,9-17)15(19,20)25-11(23)7-5-6-8-12(24)26-16(21,22)14(3,4)10-18/h5-10H2,1-4H3. The van der Waals surface area contributed by atoms with Crippen LogP contribution in [0.4, 0.5) is 0 Å². The molecular formula is C16H24Br6O4. The third-order valence-corrected chi connectivity index (χ3v) is 11.5.